The second kappa shape index (κ2) is 5.77. The fraction of sp³-hybridized carbons (Fsp3) is 0.0625. The quantitative estimate of drug-likeness (QED) is 0.766. The molecule has 0 atom stereocenters. The smallest absolute Gasteiger partial charge is 0.262 e. The van der Waals surface area contributed by atoms with Crippen molar-refractivity contribution in [1.82, 2.24) is 5.16 Å². The van der Waals surface area contributed by atoms with Crippen LogP contribution in [-0.2, 0) is 10.0 Å². The molecule has 23 heavy (non-hydrogen) atoms. The Hall–Kier alpha value is -2.80. The molecule has 0 saturated heterocycles. The number of aryl methyl sites for hydroxylation is 1. The van der Waals surface area contributed by atoms with Crippen LogP contribution in [0.15, 0.2) is 64.0 Å². The van der Waals surface area contributed by atoms with Crippen molar-refractivity contribution in [3.05, 3.63) is 60.4 Å². The Morgan fingerprint density at radius 1 is 1.04 bits per heavy atom. The summed E-state index contributed by atoms with van der Waals surface area (Å²) in [7, 11) is -3.74. The molecular weight excluding hydrogens is 316 g/mol. The number of benzene rings is 2. The summed E-state index contributed by atoms with van der Waals surface area (Å²) in [5, 5.41) is 13.3. The van der Waals surface area contributed by atoms with Gasteiger partial charge in [0.2, 0.25) is 0 Å². The van der Waals surface area contributed by atoms with E-state index in [0.29, 0.717) is 17.0 Å². The van der Waals surface area contributed by atoms with Crippen LogP contribution in [0, 0.1) is 6.92 Å². The number of aromatic hydroxyl groups is 1. The first-order chi connectivity index (χ1) is 11.0. The molecule has 0 saturated carbocycles. The first kappa shape index (κ1) is 15.1. The van der Waals surface area contributed by atoms with Crippen LogP contribution < -0.4 is 4.72 Å². The summed E-state index contributed by atoms with van der Waals surface area (Å²) in [4.78, 5) is 0.150. The van der Waals surface area contributed by atoms with E-state index in [0.717, 1.165) is 0 Å². The molecule has 0 spiro atoms. The lowest BCUT2D eigenvalue weighted by Crippen LogP contribution is -2.13. The van der Waals surface area contributed by atoms with E-state index in [1.807, 2.05) is 0 Å². The molecule has 0 radical (unpaired) electrons. The minimum Gasteiger partial charge on any atom is -0.508 e. The average Bonchev–Trinajstić information content (AvgIpc) is 2.90. The zero-order valence-corrected chi connectivity index (χ0v) is 13.0. The number of phenols is 1. The molecule has 0 aliphatic rings. The standard InChI is InChI=1S/C16H14N2O4S/c1-11-15(18-23(20,21)14-5-3-2-4-6-14)16(17-22-11)12-7-9-13(19)10-8-12/h2-10,18-19H,1H3. The molecule has 7 heteroatoms. The van der Waals surface area contributed by atoms with E-state index in [1.165, 1.54) is 24.3 Å². The number of rotatable bonds is 4. The highest BCUT2D eigenvalue weighted by Gasteiger charge is 2.21. The lowest BCUT2D eigenvalue weighted by atomic mass is 10.1. The van der Waals surface area contributed by atoms with Crippen LogP contribution in [0.5, 0.6) is 5.75 Å². The highest BCUT2D eigenvalue weighted by Crippen LogP contribution is 2.32. The van der Waals surface area contributed by atoms with E-state index in [9.17, 15) is 13.5 Å². The first-order valence-electron chi connectivity index (χ1n) is 6.81. The van der Waals surface area contributed by atoms with Crippen LogP contribution in [0.25, 0.3) is 11.3 Å². The third-order valence-electron chi connectivity index (χ3n) is 3.29. The number of sulfonamides is 1. The summed E-state index contributed by atoms with van der Waals surface area (Å²) in [5.74, 6) is 0.466. The lowest BCUT2D eigenvalue weighted by Gasteiger charge is -2.08. The van der Waals surface area contributed by atoms with Gasteiger partial charge in [0.15, 0.2) is 5.76 Å². The highest BCUT2D eigenvalue weighted by molar-refractivity contribution is 7.92. The maximum atomic E-state index is 12.5. The Kier molecular flexibility index (Phi) is 3.79. The third kappa shape index (κ3) is 3.04. The Bertz CT molecular complexity index is 916. The number of anilines is 1. The van der Waals surface area contributed by atoms with Crippen molar-refractivity contribution >= 4 is 15.7 Å². The van der Waals surface area contributed by atoms with Gasteiger partial charge in [0.05, 0.1) is 4.90 Å². The largest absolute Gasteiger partial charge is 0.508 e. The Morgan fingerprint density at radius 2 is 1.70 bits per heavy atom. The zero-order valence-electron chi connectivity index (χ0n) is 12.2. The first-order valence-corrected chi connectivity index (χ1v) is 8.29. The number of aromatic nitrogens is 1. The molecular formula is C16H14N2O4S. The van der Waals surface area contributed by atoms with Crippen LogP contribution in [0.3, 0.4) is 0 Å². The summed E-state index contributed by atoms with van der Waals surface area (Å²) < 4.78 is 32.6. The summed E-state index contributed by atoms with van der Waals surface area (Å²) in [6.07, 6.45) is 0. The summed E-state index contributed by atoms with van der Waals surface area (Å²) >= 11 is 0. The van der Waals surface area contributed by atoms with Crippen LogP contribution in [0.2, 0.25) is 0 Å². The van der Waals surface area contributed by atoms with Crippen molar-refractivity contribution in [2.75, 3.05) is 4.72 Å². The maximum Gasteiger partial charge on any atom is 0.262 e. The van der Waals surface area contributed by atoms with Gasteiger partial charge < -0.3 is 9.63 Å². The van der Waals surface area contributed by atoms with Gasteiger partial charge >= 0.3 is 0 Å². The Balaban J connectivity index is 2.01. The molecule has 1 aromatic heterocycles. The third-order valence-corrected chi connectivity index (χ3v) is 4.66. The van der Waals surface area contributed by atoms with Gasteiger partial charge in [0.25, 0.3) is 10.0 Å². The van der Waals surface area contributed by atoms with Gasteiger partial charge in [-0.05, 0) is 43.3 Å². The van der Waals surface area contributed by atoms with Gasteiger partial charge in [-0.15, -0.1) is 0 Å². The number of nitrogens with zero attached hydrogens (tertiary/aromatic N) is 1. The minimum atomic E-state index is -3.74. The zero-order chi connectivity index (χ0) is 16.4. The molecule has 0 bridgehead atoms. The second-order valence-electron chi connectivity index (χ2n) is 4.93. The van der Waals surface area contributed by atoms with Gasteiger partial charge in [-0.2, -0.15) is 0 Å². The fourth-order valence-corrected chi connectivity index (χ4v) is 3.24. The molecule has 0 aliphatic heterocycles. The van der Waals surface area contributed by atoms with E-state index in [2.05, 4.69) is 9.88 Å². The molecule has 3 rings (SSSR count). The van der Waals surface area contributed by atoms with Crippen LogP contribution in [-0.4, -0.2) is 18.7 Å². The van der Waals surface area contributed by atoms with Crippen molar-refractivity contribution in [1.29, 1.82) is 0 Å². The Morgan fingerprint density at radius 3 is 2.35 bits per heavy atom. The van der Waals surface area contributed by atoms with Crippen molar-refractivity contribution in [3.8, 4) is 17.0 Å². The van der Waals surface area contributed by atoms with Crippen molar-refractivity contribution in [2.45, 2.75) is 11.8 Å². The molecule has 2 N–H and O–H groups in total. The lowest BCUT2D eigenvalue weighted by molar-refractivity contribution is 0.400. The van der Waals surface area contributed by atoms with Crippen molar-refractivity contribution < 1.29 is 18.0 Å². The van der Waals surface area contributed by atoms with Crippen molar-refractivity contribution in [3.63, 3.8) is 0 Å². The molecule has 0 aliphatic carbocycles. The normalized spacial score (nSPS) is 11.3. The van der Waals surface area contributed by atoms with Gasteiger partial charge in [0.1, 0.15) is 17.1 Å². The molecule has 118 valence electrons. The summed E-state index contributed by atoms with van der Waals surface area (Å²) in [6.45, 7) is 1.62. The molecule has 0 fully saturated rings. The molecule has 6 nitrogen and oxygen atoms in total. The minimum absolute atomic E-state index is 0.111. The fourth-order valence-electron chi connectivity index (χ4n) is 2.10. The van der Waals surface area contributed by atoms with Crippen LogP contribution in [0.1, 0.15) is 5.76 Å². The number of hydrogen-bond acceptors (Lipinski definition) is 5. The van der Waals surface area contributed by atoms with Gasteiger partial charge in [0, 0.05) is 5.56 Å². The predicted octanol–water partition coefficient (Wildman–Crippen LogP) is 3.16. The average molecular weight is 330 g/mol. The van der Waals surface area contributed by atoms with Crippen LogP contribution in [0.4, 0.5) is 5.69 Å². The van der Waals surface area contributed by atoms with E-state index < -0.39 is 10.0 Å². The molecule has 0 amide bonds. The van der Waals surface area contributed by atoms with Crippen molar-refractivity contribution in [2.24, 2.45) is 0 Å². The molecule has 1 heterocycles. The van der Waals surface area contributed by atoms with E-state index in [-0.39, 0.29) is 16.3 Å². The van der Waals surface area contributed by atoms with E-state index in [4.69, 9.17) is 4.52 Å². The second-order valence-corrected chi connectivity index (χ2v) is 6.61. The summed E-state index contributed by atoms with van der Waals surface area (Å²) in [5.41, 5.74) is 1.27. The maximum absolute atomic E-state index is 12.5. The highest BCUT2D eigenvalue weighted by atomic mass is 32.2. The summed E-state index contributed by atoms with van der Waals surface area (Å²) in [6, 6.07) is 14.3. The number of phenolic OH excluding ortho intramolecular Hbond substituents is 1. The van der Waals surface area contributed by atoms with E-state index in [1.54, 1.807) is 37.3 Å². The number of hydrogen-bond donors (Lipinski definition) is 2. The number of nitrogens with one attached hydrogen (secondary N) is 1. The predicted molar refractivity (Wildman–Crippen MR) is 85.6 cm³/mol. The monoisotopic (exact) mass is 330 g/mol. The van der Waals surface area contributed by atoms with Gasteiger partial charge in [-0.3, -0.25) is 4.72 Å². The van der Waals surface area contributed by atoms with E-state index >= 15 is 0 Å². The Labute approximate surface area is 133 Å². The molecule has 3 aromatic rings. The van der Waals surface area contributed by atoms with Gasteiger partial charge in [-0.25, -0.2) is 8.42 Å². The van der Waals surface area contributed by atoms with Crippen LogP contribution >= 0.6 is 0 Å². The SMILES string of the molecule is Cc1onc(-c2ccc(O)cc2)c1NS(=O)(=O)c1ccccc1. The molecule has 0 unspecified atom stereocenters. The van der Waals surface area contributed by atoms with Gasteiger partial charge in [-0.1, -0.05) is 23.4 Å². The topological polar surface area (TPSA) is 92.4 Å². The molecule has 2 aromatic carbocycles.